The summed E-state index contributed by atoms with van der Waals surface area (Å²) in [5.41, 5.74) is 1.85. The van der Waals surface area contributed by atoms with Crippen molar-refractivity contribution in [3.63, 3.8) is 0 Å². The van der Waals surface area contributed by atoms with Crippen LogP contribution in [0.4, 0.5) is 5.88 Å². The number of aliphatic hydroxyl groups is 1. The molecule has 6 nitrogen and oxygen atoms in total. The zero-order valence-corrected chi connectivity index (χ0v) is 14.2. The smallest absolute Gasteiger partial charge is 0.240 e. The summed E-state index contributed by atoms with van der Waals surface area (Å²) in [5, 5.41) is 16.8. The number of rotatable bonds is 5. The molecular formula is C17H20ClN3O3. The number of hydrogen-bond acceptors (Lipinski definition) is 5. The molecule has 1 saturated heterocycles. The molecule has 2 N–H and O–H groups in total. The number of nitrogens with one attached hydrogen (secondary N) is 1. The number of likely N-dealkylation sites (tertiary alicyclic amines) is 1. The van der Waals surface area contributed by atoms with E-state index in [1.807, 2.05) is 29.2 Å². The van der Waals surface area contributed by atoms with Crippen molar-refractivity contribution < 1.29 is 14.4 Å². The standard InChI is InChI=1S/C17H20ClN3O3/c1-11-6-17(24-20-11)19-16(23)9-21-7-13(10-22)15(8-21)12-2-4-14(18)5-3-12/h2-6,13,15,22H,7-10H2,1H3,(H,19,23)/t13-,15-/m0/s1. The Hall–Kier alpha value is -1.89. The highest BCUT2D eigenvalue weighted by Gasteiger charge is 2.34. The molecule has 2 aromatic rings. The molecule has 2 atom stereocenters. The van der Waals surface area contributed by atoms with Crippen molar-refractivity contribution in [2.45, 2.75) is 12.8 Å². The molecule has 3 rings (SSSR count). The number of nitrogens with zero attached hydrogens (tertiary/aromatic N) is 2. The van der Waals surface area contributed by atoms with Crippen molar-refractivity contribution in [1.82, 2.24) is 10.1 Å². The SMILES string of the molecule is Cc1cc(NC(=O)CN2C[C@@H](CO)[C@H](c3ccc(Cl)cc3)C2)on1. The average Bonchev–Trinajstić information content (AvgIpc) is 3.14. The molecule has 1 aliphatic rings. The van der Waals surface area contributed by atoms with Crippen LogP contribution in [-0.2, 0) is 4.79 Å². The average molecular weight is 350 g/mol. The van der Waals surface area contributed by atoms with E-state index in [1.165, 1.54) is 0 Å². The monoisotopic (exact) mass is 349 g/mol. The van der Waals surface area contributed by atoms with Gasteiger partial charge in [-0.1, -0.05) is 28.9 Å². The van der Waals surface area contributed by atoms with Crippen LogP contribution in [0.25, 0.3) is 0 Å². The second kappa shape index (κ2) is 7.34. The number of aliphatic hydroxyl groups excluding tert-OH is 1. The normalized spacial score (nSPS) is 21.1. The van der Waals surface area contributed by atoms with Crippen LogP contribution in [0.3, 0.4) is 0 Å². The summed E-state index contributed by atoms with van der Waals surface area (Å²) in [6.07, 6.45) is 0. The molecule has 1 amide bonds. The van der Waals surface area contributed by atoms with Gasteiger partial charge in [0, 0.05) is 42.6 Å². The third-order valence-electron chi connectivity index (χ3n) is 4.31. The lowest BCUT2D eigenvalue weighted by Gasteiger charge is -2.16. The third kappa shape index (κ3) is 3.95. The van der Waals surface area contributed by atoms with Gasteiger partial charge in [0.15, 0.2) is 0 Å². The minimum atomic E-state index is -0.153. The summed E-state index contributed by atoms with van der Waals surface area (Å²) in [5.74, 6) is 0.489. The highest BCUT2D eigenvalue weighted by atomic mass is 35.5. The Labute approximate surface area is 145 Å². The van der Waals surface area contributed by atoms with Crippen LogP contribution in [0.2, 0.25) is 5.02 Å². The first kappa shape index (κ1) is 17.0. The Morgan fingerprint density at radius 1 is 1.42 bits per heavy atom. The van der Waals surface area contributed by atoms with Gasteiger partial charge in [0.25, 0.3) is 0 Å². The van der Waals surface area contributed by atoms with Gasteiger partial charge in [-0.05, 0) is 24.6 Å². The lowest BCUT2D eigenvalue weighted by molar-refractivity contribution is -0.117. The van der Waals surface area contributed by atoms with Gasteiger partial charge in [0.2, 0.25) is 11.8 Å². The third-order valence-corrected chi connectivity index (χ3v) is 4.56. The lowest BCUT2D eigenvalue weighted by Crippen LogP contribution is -2.31. The summed E-state index contributed by atoms with van der Waals surface area (Å²) >= 11 is 5.94. The number of halogens is 1. The zero-order valence-electron chi connectivity index (χ0n) is 13.4. The van der Waals surface area contributed by atoms with E-state index in [2.05, 4.69) is 10.5 Å². The molecular weight excluding hydrogens is 330 g/mol. The van der Waals surface area contributed by atoms with Crippen LogP contribution >= 0.6 is 11.6 Å². The molecule has 0 spiro atoms. The molecule has 1 aliphatic heterocycles. The Bertz CT molecular complexity index is 701. The van der Waals surface area contributed by atoms with Gasteiger partial charge in [-0.25, -0.2) is 0 Å². The fourth-order valence-electron chi connectivity index (χ4n) is 3.16. The van der Waals surface area contributed by atoms with Crippen molar-refractivity contribution in [3.8, 4) is 0 Å². The summed E-state index contributed by atoms with van der Waals surface area (Å²) in [7, 11) is 0. The van der Waals surface area contributed by atoms with Crippen molar-refractivity contribution in [1.29, 1.82) is 0 Å². The Kier molecular flexibility index (Phi) is 5.18. The number of aryl methyl sites for hydroxylation is 1. The predicted molar refractivity (Wildman–Crippen MR) is 91.1 cm³/mol. The molecule has 0 radical (unpaired) electrons. The van der Waals surface area contributed by atoms with Gasteiger partial charge < -0.3 is 9.63 Å². The predicted octanol–water partition coefficient (Wildman–Crippen LogP) is 2.28. The topological polar surface area (TPSA) is 78.6 Å². The van der Waals surface area contributed by atoms with Gasteiger partial charge in [-0.2, -0.15) is 0 Å². The molecule has 0 unspecified atom stereocenters. The Morgan fingerprint density at radius 3 is 2.79 bits per heavy atom. The van der Waals surface area contributed by atoms with Crippen LogP contribution in [0.15, 0.2) is 34.9 Å². The van der Waals surface area contributed by atoms with Crippen molar-refractivity contribution in [2.24, 2.45) is 5.92 Å². The van der Waals surface area contributed by atoms with E-state index in [9.17, 15) is 9.90 Å². The number of amides is 1. The maximum Gasteiger partial charge on any atom is 0.240 e. The molecule has 128 valence electrons. The number of anilines is 1. The highest BCUT2D eigenvalue weighted by Crippen LogP contribution is 2.32. The molecule has 2 heterocycles. The fraction of sp³-hybridized carbons (Fsp3) is 0.412. The van der Waals surface area contributed by atoms with Gasteiger partial charge in [-0.15, -0.1) is 0 Å². The summed E-state index contributed by atoms with van der Waals surface area (Å²) < 4.78 is 4.99. The fourth-order valence-corrected chi connectivity index (χ4v) is 3.29. The van der Waals surface area contributed by atoms with Crippen molar-refractivity contribution in [2.75, 3.05) is 31.6 Å². The van der Waals surface area contributed by atoms with Crippen LogP contribution in [0.1, 0.15) is 17.2 Å². The van der Waals surface area contributed by atoms with Crippen LogP contribution in [0.5, 0.6) is 0 Å². The Balaban J connectivity index is 1.61. The zero-order chi connectivity index (χ0) is 17.1. The van der Waals surface area contributed by atoms with Gasteiger partial charge in [0.1, 0.15) is 0 Å². The van der Waals surface area contributed by atoms with E-state index in [4.69, 9.17) is 16.1 Å². The second-order valence-corrected chi connectivity index (χ2v) is 6.61. The summed E-state index contributed by atoms with van der Waals surface area (Å²) in [6.45, 7) is 3.53. The van der Waals surface area contributed by atoms with Crippen molar-refractivity contribution in [3.05, 3.63) is 46.6 Å². The van der Waals surface area contributed by atoms with Crippen LogP contribution in [0, 0.1) is 12.8 Å². The van der Waals surface area contributed by atoms with E-state index in [0.29, 0.717) is 17.5 Å². The van der Waals surface area contributed by atoms with E-state index in [1.54, 1.807) is 13.0 Å². The van der Waals surface area contributed by atoms with E-state index < -0.39 is 0 Å². The summed E-state index contributed by atoms with van der Waals surface area (Å²) in [6, 6.07) is 9.35. The first-order valence-electron chi connectivity index (χ1n) is 7.87. The number of benzene rings is 1. The first-order valence-corrected chi connectivity index (χ1v) is 8.25. The van der Waals surface area contributed by atoms with Gasteiger partial charge in [0.05, 0.1) is 12.2 Å². The molecule has 0 bridgehead atoms. The van der Waals surface area contributed by atoms with E-state index in [-0.39, 0.29) is 30.9 Å². The maximum atomic E-state index is 12.1. The van der Waals surface area contributed by atoms with Gasteiger partial charge in [-0.3, -0.25) is 15.0 Å². The molecule has 1 aromatic carbocycles. The number of carbonyl (C=O) groups excluding carboxylic acids is 1. The quantitative estimate of drug-likeness (QED) is 0.865. The Morgan fingerprint density at radius 2 is 2.17 bits per heavy atom. The number of hydrogen-bond donors (Lipinski definition) is 2. The van der Waals surface area contributed by atoms with Gasteiger partial charge >= 0.3 is 0 Å². The molecule has 7 heteroatoms. The molecule has 0 aliphatic carbocycles. The van der Waals surface area contributed by atoms with E-state index in [0.717, 1.165) is 17.8 Å². The van der Waals surface area contributed by atoms with Crippen LogP contribution in [-0.4, -0.2) is 47.3 Å². The minimum Gasteiger partial charge on any atom is -0.396 e. The van der Waals surface area contributed by atoms with Crippen LogP contribution < -0.4 is 5.32 Å². The lowest BCUT2D eigenvalue weighted by atomic mass is 9.90. The van der Waals surface area contributed by atoms with Crippen molar-refractivity contribution >= 4 is 23.4 Å². The van der Waals surface area contributed by atoms with E-state index >= 15 is 0 Å². The summed E-state index contributed by atoms with van der Waals surface area (Å²) in [4.78, 5) is 14.2. The molecule has 1 fully saturated rings. The highest BCUT2D eigenvalue weighted by molar-refractivity contribution is 6.30. The molecule has 0 saturated carbocycles. The largest absolute Gasteiger partial charge is 0.396 e. The minimum absolute atomic E-state index is 0.0900. The number of aromatic nitrogens is 1. The molecule has 1 aromatic heterocycles. The number of carbonyl (C=O) groups is 1. The first-order chi connectivity index (χ1) is 11.5. The second-order valence-electron chi connectivity index (χ2n) is 6.18. The maximum absolute atomic E-state index is 12.1. The molecule has 24 heavy (non-hydrogen) atoms.